The zero-order valence-corrected chi connectivity index (χ0v) is 14.6. The van der Waals surface area contributed by atoms with Crippen LogP contribution in [0, 0.1) is 0 Å². The minimum atomic E-state index is -0.0146. The van der Waals surface area contributed by atoms with Crippen LogP contribution >= 0.6 is 11.8 Å². The highest BCUT2D eigenvalue weighted by Crippen LogP contribution is 2.35. The van der Waals surface area contributed by atoms with Gasteiger partial charge in [0.2, 0.25) is 0 Å². The Kier molecular flexibility index (Phi) is 4.57. The minimum Gasteiger partial charge on any atom is -0.345 e. The number of amides is 1. The fraction of sp³-hybridized carbons (Fsp3) is 0.200. The maximum absolute atomic E-state index is 12.7. The van der Waals surface area contributed by atoms with Crippen molar-refractivity contribution in [3.05, 3.63) is 83.9 Å². The molecule has 25 heavy (non-hydrogen) atoms. The first kappa shape index (κ1) is 16.0. The van der Waals surface area contributed by atoms with Crippen molar-refractivity contribution in [3.8, 4) is 0 Å². The molecule has 1 aliphatic heterocycles. The topological polar surface area (TPSA) is 46.9 Å². The molecule has 2 aromatic carbocycles. The van der Waals surface area contributed by atoms with Crippen LogP contribution in [-0.2, 0) is 6.54 Å². The van der Waals surface area contributed by atoms with E-state index in [9.17, 15) is 4.79 Å². The molecule has 0 aliphatic carbocycles. The van der Waals surface area contributed by atoms with Crippen molar-refractivity contribution in [2.45, 2.75) is 23.9 Å². The Morgan fingerprint density at radius 3 is 3.04 bits per heavy atom. The van der Waals surface area contributed by atoms with Crippen molar-refractivity contribution >= 4 is 17.7 Å². The first-order chi connectivity index (χ1) is 12.3. The van der Waals surface area contributed by atoms with Crippen molar-refractivity contribution in [1.82, 2.24) is 14.9 Å². The van der Waals surface area contributed by atoms with Gasteiger partial charge in [-0.1, -0.05) is 30.3 Å². The van der Waals surface area contributed by atoms with E-state index in [2.05, 4.69) is 28.5 Å². The number of aromatic nitrogens is 2. The summed E-state index contributed by atoms with van der Waals surface area (Å²) in [6.07, 6.45) is 6.42. The first-order valence-corrected chi connectivity index (χ1v) is 9.35. The molecule has 2 heterocycles. The Bertz CT molecular complexity index is 876. The summed E-state index contributed by atoms with van der Waals surface area (Å²) in [6.45, 7) is 0.712. The highest BCUT2D eigenvalue weighted by atomic mass is 32.2. The Balaban J connectivity index is 1.50. The van der Waals surface area contributed by atoms with Crippen molar-refractivity contribution in [3.63, 3.8) is 0 Å². The molecule has 1 amide bonds. The van der Waals surface area contributed by atoms with E-state index in [1.807, 2.05) is 52.9 Å². The van der Waals surface area contributed by atoms with E-state index in [0.29, 0.717) is 12.1 Å². The predicted octanol–water partition coefficient (Wildman–Crippen LogP) is 3.90. The van der Waals surface area contributed by atoms with E-state index >= 15 is 0 Å². The molecule has 1 aliphatic rings. The van der Waals surface area contributed by atoms with Crippen LogP contribution in [0.2, 0.25) is 0 Å². The van der Waals surface area contributed by atoms with E-state index in [4.69, 9.17) is 0 Å². The van der Waals surface area contributed by atoms with Gasteiger partial charge in [-0.3, -0.25) is 4.79 Å². The number of rotatable bonds is 4. The number of nitrogens with one attached hydrogen (secondary N) is 1. The zero-order chi connectivity index (χ0) is 17.1. The second-order valence-corrected chi connectivity index (χ2v) is 7.27. The molecular weight excluding hydrogens is 330 g/mol. The lowest BCUT2D eigenvalue weighted by Crippen LogP contribution is -2.30. The Hall–Kier alpha value is -2.53. The summed E-state index contributed by atoms with van der Waals surface area (Å²) in [5, 5.41) is 3.21. The largest absolute Gasteiger partial charge is 0.345 e. The Morgan fingerprint density at radius 1 is 1.24 bits per heavy atom. The molecule has 1 atom stereocenters. The summed E-state index contributed by atoms with van der Waals surface area (Å²) in [5.74, 6) is 1.02. The highest BCUT2D eigenvalue weighted by molar-refractivity contribution is 7.99. The van der Waals surface area contributed by atoms with Gasteiger partial charge in [-0.15, -0.1) is 11.8 Å². The lowest BCUT2D eigenvalue weighted by atomic mass is 10.0. The number of thioether (sulfide) groups is 1. The van der Waals surface area contributed by atoms with Crippen molar-refractivity contribution in [2.24, 2.45) is 0 Å². The molecule has 4 nitrogen and oxygen atoms in total. The molecule has 4 rings (SSSR count). The standard InChI is InChI=1S/C20H19N3OS/c24-20(22-18-8-11-25-19-7-2-1-6-17(18)19)16-5-3-4-15(12-16)13-23-10-9-21-14-23/h1-7,9-10,12,14,18H,8,11,13H2,(H,22,24)/t18-/m0/s1. The Labute approximate surface area is 151 Å². The van der Waals surface area contributed by atoms with E-state index < -0.39 is 0 Å². The van der Waals surface area contributed by atoms with E-state index in [1.165, 1.54) is 10.5 Å². The molecule has 3 aromatic rings. The molecule has 1 N–H and O–H groups in total. The van der Waals surface area contributed by atoms with Crippen LogP contribution < -0.4 is 5.32 Å². The second kappa shape index (κ2) is 7.15. The van der Waals surface area contributed by atoms with Crippen LogP contribution in [0.15, 0.2) is 72.1 Å². The summed E-state index contributed by atoms with van der Waals surface area (Å²) in [4.78, 5) is 18.1. The molecule has 0 fully saturated rings. The molecule has 5 heteroatoms. The van der Waals surface area contributed by atoms with E-state index in [-0.39, 0.29) is 11.9 Å². The number of benzene rings is 2. The van der Waals surface area contributed by atoms with Gasteiger partial charge >= 0.3 is 0 Å². The molecule has 1 aromatic heterocycles. The quantitative estimate of drug-likeness (QED) is 0.777. The van der Waals surface area contributed by atoms with Gasteiger partial charge in [-0.25, -0.2) is 4.98 Å². The smallest absolute Gasteiger partial charge is 0.251 e. The fourth-order valence-electron chi connectivity index (χ4n) is 3.14. The monoisotopic (exact) mass is 349 g/mol. The van der Waals surface area contributed by atoms with Gasteiger partial charge in [0.1, 0.15) is 0 Å². The number of fused-ring (bicyclic) bond motifs is 1. The molecule has 0 bridgehead atoms. The fourth-order valence-corrected chi connectivity index (χ4v) is 4.26. The van der Waals surface area contributed by atoms with Crippen LogP contribution in [0.3, 0.4) is 0 Å². The van der Waals surface area contributed by atoms with Gasteiger partial charge in [-0.05, 0) is 35.7 Å². The summed E-state index contributed by atoms with van der Waals surface area (Å²) < 4.78 is 1.99. The van der Waals surface area contributed by atoms with Crippen LogP contribution in [-0.4, -0.2) is 21.2 Å². The summed E-state index contributed by atoms with van der Waals surface area (Å²) >= 11 is 1.86. The van der Waals surface area contributed by atoms with E-state index in [1.54, 1.807) is 12.5 Å². The third-order valence-electron chi connectivity index (χ3n) is 4.38. The SMILES string of the molecule is O=C(N[C@H]1CCSc2ccccc21)c1cccc(Cn2ccnc2)c1. The van der Waals surface area contributed by atoms with Gasteiger partial charge < -0.3 is 9.88 Å². The molecule has 0 saturated carbocycles. The molecule has 0 spiro atoms. The number of carbonyl (C=O) groups excluding carboxylic acids is 1. The predicted molar refractivity (Wildman–Crippen MR) is 99.8 cm³/mol. The third kappa shape index (κ3) is 3.61. The van der Waals surface area contributed by atoms with Gasteiger partial charge in [0.15, 0.2) is 0 Å². The molecular formula is C20H19N3OS. The van der Waals surface area contributed by atoms with Gasteiger partial charge in [0, 0.05) is 35.2 Å². The van der Waals surface area contributed by atoms with E-state index in [0.717, 1.165) is 17.7 Å². The third-order valence-corrected chi connectivity index (χ3v) is 5.50. The zero-order valence-electron chi connectivity index (χ0n) is 13.8. The summed E-state index contributed by atoms with van der Waals surface area (Å²) in [7, 11) is 0. The second-order valence-electron chi connectivity index (χ2n) is 6.14. The molecule has 126 valence electrons. The maximum atomic E-state index is 12.7. The van der Waals surface area contributed by atoms with Crippen LogP contribution in [0.5, 0.6) is 0 Å². The number of hydrogen-bond acceptors (Lipinski definition) is 3. The lowest BCUT2D eigenvalue weighted by molar-refractivity contribution is 0.0935. The summed E-state index contributed by atoms with van der Waals surface area (Å²) in [6, 6.07) is 16.2. The van der Waals surface area contributed by atoms with Gasteiger partial charge in [0.25, 0.3) is 5.91 Å². The molecule has 0 saturated heterocycles. The maximum Gasteiger partial charge on any atom is 0.251 e. The van der Waals surface area contributed by atoms with Gasteiger partial charge in [-0.2, -0.15) is 0 Å². The van der Waals surface area contributed by atoms with Crippen molar-refractivity contribution in [2.75, 3.05) is 5.75 Å². The summed E-state index contributed by atoms with van der Waals surface area (Å²) in [5.41, 5.74) is 3.01. The molecule has 0 radical (unpaired) electrons. The highest BCUT2D eigenvalue weighted by Gasteiger charge is 2.22. The lowest BCUT2D eigenvalue weighted by Gasteiger charge is -2.26. The Morgan fingerprint density at radius 2 is 2.16 bits per heavy atom. The number of carbonyl (C=O) groups is 1. The number of imidazole rings is 1. The van der Waals surface area contributed by atoms with Crippen LogP contribution in [0.1, 0.15) is 33.9 Å². The first-order valence-electron chi connectivity index (χ1n) is 8.37. The van der Waals surface area contributed by atoms with Crippen molar-refractivity contribution in [1.29, 1.82) is 0 Å². The van der Waals surface area contributed by atoms with Crippen molar-refractivity contribution < 1.29 is 4.79 Å². The number of nitrogens with zero attached hydrogens (tertiary/aromatic N) is 2. The molecule has 0 unspecified atom stereocenters. The average molecular weight is 349 g/mol. The van der Waals surface area contributed by atoms with Crippen LogP contribution in [0.4, 0.5) is 0 Å². The normalized spacial score (nSPS) is 16.2. The van der Waals surface area contributed by atoms with Gasteiger partial charge in [0.05, 0.1) is 12.4 Å². The average Bonchev–Trinajstić information content (AvgIpc) is 3.15. The van der Waals surface area contributed by atoms with Crippen LogP contribution in [0.25, 0.3) is 0 Å². The minimum absolute atomic E-state index is 0.0146. The number of hydrogen-bond donors (Lipinski definition) is 1.